The molecule has 0 saturated heterocycles. The molecule has 1 saturated carbocycles. The van der Waals surface area contributed by atoms with Crippen molar-refractivity contribution in [2.45, 2.75) is 37.5 Å². The molecule has 0 bridgehead atoms. The van der Waals surface area contributed by atoms with Gasteiger partial charge >= 0.3 is 0 Å². The maximum atomic E-state index is 13.1. The van der Waals surface area contributed by atoms with Crippen LogP contribution in [-0.2, 0) is 10.2 Å². The van der Waals surface area contributed by atoms with Crippen LogP contribution in [0.5, 0.6) is 0 Å². The third kappa shape index (κ3) is 2.53. The van der Waals surface area contributed by atoms with Crippen LogP contribution in [0.3, 0.4) is 0 Å². The van der Waals surface area contributed by atoms with Gasteiger partial charge in [0.15, 0.2) is 5.65 Å². The first-order valence-electron chi connectivity index (χ1n) is 7.93. The molecule has 1 amide bonds. The van der Waals surface area contributed by atoms with Crippen LogP contribution < -0.4 is 5.32 Å². The summed E-state index contributed by atoms with van der Waals surface area (Å²) in [6, 6.07) is 7.87. The van der Waals surface area contributed by atoms with Gasteiger partial charge in [0.2, 0.25) is 5.91 Å². The molecule has 6 heteroatoms. The average Bonchev–Trinajstić information content (AvgIpc) is 3.27. The number of amides is 1. The molecule has 3 aromatic rings. The van der Waals surface area contributed by atoms with E-state index in [0.717, 1.165) is 37.0 Å². The number of fused-ring (bicyclic) bond motifs is 1. The molecule has 118 valence electrons. The lowest BCUT2D eigenvalue weighted by Crippen LogP contribution is -2.41. The summed E-state index contributed by atoms with van der Waals surface area (Å²) in [7, 11) is 0. The van der Waals surface area contributed by atoms with E-state index >= 15 is 0 Å². The molecular formula is C17H18N4OS. The zero-order chi connectivity index (χ0) is 15.7. The van der Waals surface area contributed by atoms with Gasteiger partial charge in [-0.15, -0.1) is 21.5 Å². The summed E-state index contributed by atoms with van der Waals surface area (Å²) in [6.45, 7) is 0. The van der Waals surface area contributed by atoms with Gasteiger partial charge in [0.25, 0.3) is 0 Å². The molecule has 4 rings (SSSR count). The molecule has 0 radical (unpaired) electrons. The second kappa shape index (κ2) is 5.77. The number of rotatable bonds is 3. The van der Waals surface area contributed by atoms with Gasteiger partial charge in [0.1, 0.15) is 6.33 Å². The first-order chi connectivity index (χ1) is 11.3. The average molecular weight is 326 g/mol. The Morgan fingerprint density at radius 3 is 2.87 bits per heavy atom. The maximum absolute atomic E-state index is 13.1. The molecule has 5 nitrogen and oxygen atoms in total. The third-order valence-corrected chi connectivity index (χ3v) is 5.76. The monoisotopic (exact) mass is 326 g/mol. The zero-order valence-electron chi connectivity index (χ0n) is 12.7. The van der Waals surface area contributed by atoms with Gasteiger partial charge < -0.3 is 5.32 Å². The van der Waals surface area contributed by atoms with E-state index in [4.69, 9.17) is 0 Å². The van der Waals surface area contributed by atoms with Crippen molar-refractivity contribution in [1.82, 2.24) is 14.6 Å². The number of nitrogens with one attached hydrogen (secondary N) is 1. The summed E-state index contributed by atoms with van der Waals surface area (Å²) in [6.07, 6.45) is 8.78. The minimum atomic E-state index is -0.380. The molecule has 0 atom stereocenters. The van der Waals surface area contributed by atoms with E-state index in [1.807, 2.05) is 28.8 Å². The molecule has 1 aliphatic carbocycles. The highest BCUT2D eigenvalue weighted by Gasteiger charge is 2.41. The molecule has 0 unspecified atom stereocenters. The van der Waals surface area contributed by atoms with E-state index in [1.54, 1.807) is 17.7 Å². The molecule has 3 heterocycles. The minimum absolute atomic E-state index is 0.104. The molecule has 0 spiro atoms. The lowest BCUT2D eigenvalue weighted by atomic mass is 9.72. The fraction of sp³-hybridized carbons (Fsp3) is 0.353. The number of thiophene rings is 1. The number of pyridine rings is 1. The first-order valence-corrected chi connectivity index (χ1v) is 8.81. The molecule has 1 fully saturated rings. The number of aromatic nitrogens is 3. The Bertz CT molecular complexity index is 818. The van der Waals surface area contributed by atoms with Crippen molar-refractivity contribution in [1.29, 1.82) is 0 Å². The van der Waals surface area contributed by atoms with E-state index in [0.29, 0.717) is 0 Å². The SMILES string of the molecule is O=C(Nc1ccc2nncn2c1)C1(c2cccs2)CCCCC1. The Hall–Kier alpha value is -2.21. The predicted octanol–water partition coefficient (Wildman–Crippen LogP) is 3.63. The van der Waals surface area contributed by atoms with Crippen molar-refractivity contribution in [3.05, 3.63) is 47.0 Å². The van der Waals surface area contributed by atoms with Gasteiger partial charge in [0, 0.05) is 11.1 Å². The van der Waals surface area contributed by atoms with Crippen molar-refractivity contribution in [2.24, 2.45) is 0 Å². The van der Waals surface area contributed by atoms with Crippen molar-refractivity contribution in [2.75, 3.05) is 5.32 Å². The number of hydrogen-bond donors (Lipinski definition) is 1. The van der Waals surface area contributed by atoms with Crippen LogP contribution in [0.1, 0.15) is 37.0 Å². The lowest BCUT2D eigenvalue weighted by molar-refractivity contribution is -0.122. The molecule has 0 aromatic carbocycles. The second-order valence-electron chi connectivity index (χ2n) is 6.09. The predicted molar refractivity (Wildman–Crippen MR) is 90.7 cm³/mol. The standard InChI is InChI=1S/C17H18N4OS/c22-16(19-13-6-7-15-20-18-12-21(15)11-13)17(8-2-1-3-9-17)14-5-4-10-23-14/h4-7,10-12H,1-3,8-9H2,(H,19,22). The van der Waals surface area contributed by atoms with Crippen LogP contribution >= 0.6 is 11.3 Å². The highest BCUT2D eigenvalue weighted by molar-refractivity contribution is 7.10. The highest BCUT2D eigenvalue weighted by Crippen LogP contribution is 2.42. The molecular weight excluding hydrogens is 308 g/mol. The van der Waals surface area contributed by atoms with Crippen molar-refractivity contribution < 1.29 is 4.79 Å². The van der Waals surface area contributed by atoms with E-state index in [9.17, 15) is 4.79 Å². The largest absolute Gasteiger partial charge is 0.324 e. The fourth-order valence-corrected chi connectivity index (χ4v) is 4.43. The highest BCUT2D eigenvalue weighted by atomic mass is 32.1. The van der Waals surface area contributed by atoms with Gasteiger partial charge in [0.05, 0.1) is 11.1 Å². The molecule has 1 N–H and O–H groups in total. The van der Waals surface area contributed by atoms with Crippen molar-refractivity contribution in [3.8, 4) is 0 Å². The van der Waals surface area contributed by atoms with E-state index in [2.05, 4.69) is 27.0 Å². The smallest absolute Gasteiger partial charge is 0.235 e. The minimum Gasteiger partial charge on any atom is -0.324 e. The number of hydrogen-bond acceptors (Lipinski definition) is 4. The Morgan fingerprint density at radius 1 is 1.22 bits per heavy atom. The van der Waals surface area contributed by atoms with Crippen LogP contribution in [-0.4, -0.2) is 20.5 Å². The lowest BCUT2D eigenvalue weighted by Gasteiger charge is -2.35. The third-order valence-electron chi connectivity index (χ3n) is 4.68. The number of anilines is 1. The molecule has 3 aromatic heterocycles. The summed E-state index contributed by atoms with van der Waals surface area (Å²) in [5.41, 5.74) is 1.17. The topological polar surface area (TPSA) is 59.3 Å². The summed E-state index contributed by atoms with van der Waals surface area (Å²) in [5.74, 6) is 0.104. The zero-order valence-corrected chi connectivity index (χ0v) is 13.6. The Morgan fingerprint density at radius 2 is 2.09 bits per heavy atom. The number of nitrogens with zero attached hydrogens (tertiary/aromatic N) is 3. The number of carbonyl (C=O) groups excluding carboxylic acids is 1. The second-order valence-corrected chi connectivity index (χ2v) is 7.04. The van der Waals surface area contributed by atoms with E-state index in [1.165, 1.54) is 11.3 Å². The Labute approximate surface area is 138 Å². The quantitative estimate of drug-likeness (QED) is 0.799. The Balaban J connectivity index is 1.64. The molecule has 1 aliphatic rings. The normalized spacial score (nSPS) is 17.2. The van der Waals surface area contributed by atoms with Gasteiger partial charge in [-0.05, 0) is 36.4 Å². The van der Waals surface area contributed by atoms with Crippen LogP contribution in [0.25, 0.3) is 5.65 Å². The first kappa shape index (κ1) is 14.4. The molecule has 0 aliphatic heterocycles. The number of carbonyl (C=O) groups is 1. The van der Waals surface area contributed by atoms with Gasteiger partial charge in [-0.2, -0.15) is 0 Å². The summed E-state index contributed by atoms with van der Waals surface area (Å²) in [5, 5.41) is 13.0. The summed E-state index contributed by atoms with van der Waals surface area (Å²) in [4.78, 5) is 14.3. The van der Waals surface area contributed by atoms with Crippen LogP contribution in [0.4, 0.5) is 5.69 Å². The summed E-state index contributed by atoms with van der Waals surface area (Å²) >= 11 is 1.69. The van der Waals surface area contributed by atoms with Gasteiger partial charge in [-0.1, -0.05) is 25.3 Å². The summed E-state index contributed by atoms with van der Waals surface area (Å²) < 4.78 is 1.81. The fourth-order valence-electron chi connectivity index (χ4n) is 3.44. The van der Waals surface area contributed by atoms with Crippen molar-refractivity contribution >= 4 is 28.6 Å². The molecule has 23 heavy (non-hydrogen) atoms. The maximum Gasteiger partial charge on any atom is 0.235 e. The van der Waals surface area contributed by atoms with E-state index in [-0.39, 0.29) is 11.3 Å². The van der Waals surface area contributed by atoms with Crippen LogP contribution in [0, 0.1) is 0 Å². The van der Waals surface area contributed by atoms with E-state index < -0.39 is 0 Å². The van der Waals surface area contributed by atoms with Crippen LogP contribution in [0.2, 0.25) is 0 Å². The van der Waals surface area contributed by atoms with Gasteiger partial charge in [-0.25, -0.2) is 0 Å². The Kier molecular flexibility index (Phi) is 3.61. The van der Waals surface area contributed by atoms with Gasteiger partial charge in [-0.3, -0.25) is 9.20 Å². The van der Waals surface area contributed by atoms with Crippen LogP contribution in [0.15, 0.2) is 42.2 Å². The van der Waals surface area contributed by atoms with Crippen molar-refractivity contribution in [3.63, 3.8) is 0 Å².